The Hall–Kier alpha value is -0.560. The van der Waals surface area contributed by atoms with Crippen molar-refractivity contribution in [3.05, 3.63) is 27.3 Å². The molecule has 0 saturated carbocycles. The van der Waals surface area contributed by atoms with Gasteiger partial charge in [0.2, 0.25) is 5.91 Å². The second-order valence-electron chi connectivity index (χ2n) is 4.37. The van der Waals surface area contributed by atoms with Crippen LogP contribution < -0.4 is 4.90 Å². The van der Waals surface area contributed by atoms with Crippen LogP contribution in [0.25, 0.3) is 0 Å². The molecule has 0 bridgehead atoms. The highest BCUT2D eigenvalue weighted by Gasteiger charge is 2.31. The van der Waals surface area contributed by atoms with Crippen molar-refractivity contribution in [3.63, 3.8) is 0 Å². The van der Waals surface area contributed by atoms with E-state index in [2.05, 4.69) is 22.6 Å². The molecule has 1 aliphatic heterocycles. The third-order valence-corrected chi connectivity index (χ3v) is 5.07. The molecule has 0 N–H and O–H groups in total. The summed E-state index contributed by atoms with van der Waals surface area (Å²) < 4.78 is 1.19. The van der Waals surface area contributed by atoms with Crippen LogP contribution in [0.1, 0.15) is 18.9 Å². The smallest absolute Gasteiger partial charge is 0.228 e. The van der Waals surface area contributed by atoms with Gasteiger partial charge in [-0.3, -0.25) is 9.59 Å². The topological polar surface area (TPSA) is 37.4 Å². The monoisotopic (exact) mass is 375 g/mol. The molecule has 0 spiro atoms. The summed E-state index contributed by atoms with van der Waals surface area (Å²) in [6, 6.07) is 6.01. The van der Waals surface area contributed by atoms with Gasteiger partial charge in [0.05, 0.1) is 0 Å². The average Bonchev–Trinajstić information content (AvgIpc) is 2.62. The summed E-state index contributed by atoms with van der Waals surface area (Å²) in [5.41, 5.74) is 2.10. The number of thioether (sulfide) groups is 1. The van der Waals surface area contributed by atoms with Crippen LogP contribution in [0, 0.1) is 10.5 Å². The van der Waals surface area contributed by atoms with Crippen LogP contribution in [0.5, 0.6) is 0 Å². The van der Waals surface area contributed by atoms with Crippen LogP contribution in [-0.2, 0) is 9.59 Å². The van der Waals surface area contributed by atoms with Crippen molar-refractivity contribution in [1.82, 2.24) is 0 Å². The quantitative estimate of drug-likeness (QED) is 0.746. The van der Waals surface area contributed by atoms with Gasteiger partial charge in [-0.2, -0.15) is 0 Å². The molecular weight excluding hydrogens is 361 g/mol. The summed E-state index contributed by atoms with van der Waals surface area (Å²) in [6.07, 6.45) is 0.454. The number of carbonyl (C=O) groups excluding carboxylic acids is 2. The highest BCUT2D eigenvalue weighted by atomic mass is 127. The van der Waals surface area contributed by atoms with Gasteiger partial charge >= 0.3 is 0 Å². The summed E-state index contributed by atoms with van der Waals surface area (Å²) >= 11 is 3.55. The maximum atomic E-state index is 12.0. The highest BCUT2D eigenvalue weighted by Crippen LogP contribution is 2.29. The van der Waals surface area contributed by atoms with E-state index in [1.807, 2.05) is 25.1 Å². The van der Waals surface area contributed by atoms with Crippen molar-refractivity contribution in [2.24, 2.45) is 0 Å². The largest absolute Gasteiger partial charge is 0.311 e. The number of halogens is 1. The van der Waals surface area contributed by atoms with Gasteiger partial charge in [-0.25, -0.2) is 0 Å². The minimum absolute atomic E-state index is 0.0773. The Morgan fingerprint density at radius 1 is 1.50 bits per heavy atom. The van der Waals surface area contributed by atoms with Crippen molar-refractivity contribution >= 4 is 51.1 Å². The maximum Gasteiger partial charge on any atom is 0.228 e. The van der Waals surface area contributed by atoms with Crippen LogP contribution in [0.2, 0.25) is 0 Å². The molecule has 96 valence electrons. The summed E-state index contributed by atoms with van der Waals surface area (Å²) in [5, 5.41) is 0.169. The molecule has 1 unspecified atom stereocenters. The van der Waals surface area contributed by atoms with Crippen molar-refractivity contribution in [2.75, 3.05) is 11.4 Å². The van der Waals surface area contributed by atoms with E-state index < -0.39 is 0 Å². The molecule has 1 heterocycles. The van der Waals surface area contributed by atoms with Crippen molar-refractivity contribution < 1.29 is 9.59 Å². The molecular formula is C13H14INO2S. The molecule has 18 heavy (non-hydrogen) atoms. The Labute approximate surface area is 124 Å². The molecule has 1 aliphatic rings. The SMILES string of the molecule is CC(=O)SC1CC(=O)N(c2ccc(I)c(C)c2)C1. The van der Waals surface area contributed by atoms with Crippen molar-refractivity contribution in [2.45, 2.75) is 25.5 Å². The van der Waals surface area contributed by atoms with E-state index in [0.29, 0.717) is 13.0 Å². The Bertz CT molecular complexity index is 504. The zero-order chi connectivity index (χ0) is 13.3. The lowest BCUT2D eigenvalue weighted by atomic mass is 10.2. The van der Waals surface area contributed by atoms with Crippen LogP contribution in [0.15, 0.2) is 18.2 Å². The first kappa shape index (κ1) is 13.9. The fourth-order valence-electron chi connectivity index (χ4n) is 2.03. The molecule has 2 rings (SSSR count). The number of nitrogens with zero attached hydrogens (tertiary/aromatic N) is 1. The average molecular weight is 375 g/mol. The zero-order valence-electron chi connectivity index (χ0n) is 10.3. The normalized spacial score (nSPS) is 19.4. The van der Waals surface area contributed by atoms with Crippen molar-refractivity contribution in [3.8, 4) is 0 Å². The lowest BCUT2D eigenvalue weighted by Gasteiger charge is -2.17. The van der Waals surface area contributed by atoms with Gasteiger partial charge in [-0.1, -0.05) is 11.8 Å². The minimum atomic E-state index is 0.0773. The molecule has 0 aromatic heterocycles. The Balaban J connectivity index is 2.16. The predicted octanol–water partition coefficient (Wildman–Crippen LogP) is 2.98. The first-order valence-corrected chi connectivity index (χ1v) is 7.67. The number of rotatable bonds is 2. The number of carbonyl (C=O) groups is 2. The first-order chi connectivity index (χ1) is 8.47. The Morgan fingerprint density at radius 2 is 2.22 bits per heavy atom. The lowest BCUT2D eigenvalue weighted by molar-refractivity contribution is -0.117. The maximum absolute atomic E-state index is 12.0. The van der Waals surface area contributed by atoms with Gasteiger partial charge in [0, 0.05) is 34.4 Å². The first-order valence-electron chi connectivity index (χ1n) is 5.71. The number of amides is 1. The third kappa shape index (κ3) is 3.06. The van der Waals surface area contributed by atoms with E-state index in [1.165, 1.54) is 20.9 Å². The van der Waals surface area contributed by atoms with Crippen molar-refractivity contribution in [1.29, 1.82) is 0 Å². The summed E-state index contributed by atoms with van der Waals surface area (Å²) in [5.74, 6) is 0.106. The molecule has 1 aromatic rings. The number of benzene rings is 1. The standard InChI is InChI=1S/C13H14INO2S/c1-8-5-10(3-4-12(8)14)15-7-11(6-13(15)17)18-9(2)16/h3-5,11H,6-7H2,1-2H3. The van der Waals surface area contributed by atoms with Crippen LogP contribution in [0.3, 0.4) is 0 Å². The Kier molecular flexibility index (Phi) is 4.32. The van der Waals surface area contributed by atoms with Crippen LogP contribution in [0.4, 0.5) is 5.69 Å². The number of hydrogen-bond donors (Lipinski definition) is 0. The zero-order valence-corrected chi connectivity index (χ0v) is 13.2. The van der Waals surface area contributed by atoms with E-state index in [0.717, 1.165) is 5.69 Å². The molecule has 1 fully saturated rings. The number of aryl methyl sites for hydroxylation is 1. The predicted molar refractivity (Wildman–Crippen MR) is 82.9 cm³/mol. The molecule has 5 heteroatoms. The number of anilines is 1. The van der Waals surface area contributed by atoms with Crippen LogP contribution >= 0.6 is 34.4 Å². The summed E-state index contributed by atoms with van der Waals surface area (Å²) in [7, 11) is 0. The van der Waals surface area contributed by atoms with E-state index in [1.54, 1.807) is 11.8 Å². The summed E-state index contributed by atoms with van der Waals surface area (Å²) in [4.78, 5) is 24.8. The number of hydrogen-bond acceptors (Lipinski definition) is 3. The van der Waals surface area contributed by atoms with Gasteiger partial charge in [-0.05, 0) is 53.3 Å². The molecule has 1 atom stereocenters. The fraction of sp³-hybridized carbons (Fsp3) is 0.385. The van der Waals surface area contributed by atoms with E-state index in [9.17, 15) is 9.59 Å². The molecule has 1 amide bonds. The van der Waals surface area contributed by atoms with Gasteiger partial charge < -0.3 is 4.90 Å². The Morgan fingerprint density at radius 3 is 2.83 bits per heavy atom. The van der Waals surface area contributed by atoms with E-state index in [-0.39, 0.29) is 16.3 Å². The van der Waals surface area contributed by atoms with Gasteiger partial charge in [-0.15, -0.1) is 0 Å². The second-order valence-corrected chi connectivity index (χ2v) is 7.01. The van der Waals surface area contributed by atoms with E-state index >= 15 is 0 Å². The third-order valence-electron chi connectivity index (χ3n) is 2.88. The second kappa shape index (κ2) is 5.61. The van der Waals surface area contributed by atoms with Gasteiger partial charge in [0.1, 0.15) is 0 Å². The fourth-order valence-corrected chi connectivity index (χ4v) is 3.29. The van der Waals surface area contributed by atoms with E-state index in [4.69, 9.17) is 0 Å². The molecule has 1 aromatic carbocycles. The molecule has 0 radical (unpaired) electrons. The molecule has 3 nitrogen and oxygen atoms in total. The summed E-state index contributed by atoms with van der Waals surface area (Å²) in [6.45, 7) is 4.21. The molecule has 0 aliphatic carbocycles. The lowest BCUT2D eigenvalue weighted by Crippen LogP contribution is -2.25. The van der Waals surface area contributed by atoms with Gasteiger partial charge in [0.25, 0.3) is 0 Å². The minimum Gasteiger partial charge on any atom is -0.311 e. The van der Waals surface area contributed by atoms with Crippen LogP contribution in [-0.4, -0.2) is 22.8 Å². The molecule has 1 saturated heterocycles. The van der Waals surface area contributed by atoms with Gasteiger partial charge in [0.15, 0.2) is 5.12 Å². The highest BCUT2D eigenvalue weighted by molar-refractivity contribution is 14.1.